The van der Waals surface area contributed by atoms with E-state index in [2.05, 4.69) is 6.20 Å². The van der Waals surface area contributed by atoms with E-state index >= 15 is 0 Å². The van der Waals surface area contributed by atoms with Gasteiger partial charge < -0.3 is 18.8 Å². The Balaban J connectivity index is 2.52. The normalized spacial score (nSPS) is 10.7. The van der Waals surface area contributed by atoms with Crippen LogP contribution < -0.4 is 9.47 Å². The molecule has 2 rings (SSSR count). The van der Waals surface area contributed by atoms with Gasteiger partial charge in [-0.1, -0.05) is 0 Å². The number of nitrogens with zero attached hydrogens (tertiary/aromatic N) is 1. The summed E-state index contributed by atoms with van der Waals surface area (Å²) >= 11 is 0. The summed E-state index contributed by atoms with van der Waals surface area (Å²) in [4.78, 5) is 11.1. The number of ether oxygens (including phenoxy) is 2. The summed E-state index contributed by atoms with van der Waals surface area (Å²) in [6.07, 6.45) is 3.38. The molecule has 0 N–H and O–H groups in total. The number of methoxy groups -OCH3 is 2. The van der Waals surface area contributed by atoms with Crippen molar-refractivity contribution in [3.8, 4) is 11.5 Å². The number of benzene rings is 1. The number of carbonyl (C=O) groups is 1. The minimum atomic E-state index is 0.206. The van der Waals surface area contributed by atoms with Crippen LogP contribution in [-0.4, -0.2) is 24.6 Å². The number of Topliss-reactive ketones (excluding diaryl/α,β-unsaturated/α-hetero) is 1. The fourth-order valence-electron chi connectivity index (χ4n) is 2.30. The van der Waals surface area contributed by atoms with Gasteiger partial charge in [0.2, 0.25) is 0 Å². The maximum absolute atomic E-state index is 11.1. The van der Waals surface area contributed by atoms with Crippen LogP contribution in [0.1, 0.15) is 18.9 Å². The zero-order valence-corrected chi connectivity index (χ0v) is 11.8. The lowest BCUT2D eigenvalue weighted by atomic mass is 10.1. The monoisotopic (exact) mass is 261 g/mol. The predicted molar refractivity (Wildman–Crippen MR) is 75.0 cm³/mol. The summed E-state index contributed by atoms with van der Waals surface area (Å²) in [5.41, 5.74) is 2.24. The molecule has 0 spiro atoms. The van der Waals surface area contributed by atoms with Crippen LogP contribution >= 0.6 is 0 Å². The first-order valence-electron chi connectivity index (χ1n) is 6.26. The highest BCUT2D eigenvalue weighted by Crippen LogP contribution is 2.34. The average Bonchev–Trinajstić information content (AvgIpc) is 2.71. The Kier molecular flexibility index (Phi) is 3.79. The fraction of sp³-hybridized carbons (Fsp3) is 0.400. The zero-order chi connectivity index (χ0) is 14.0. The lowest BCUT2D eigenvalue weighted by Crippen LogP contribution is -1.94. The molecule has 0 bridgehead atoms. The van der Waals surface area contributed by atoms with Crippen LogP contribution in [0.2, 0.25) is 0 Å². The van der Waals surface area contributed by atoms with Gasteiger partial charge in [-0.25, -0.2) is 0 Å². The maximum atomic E-state index is 11.1. The Morgan fingerprint density at radius 3 is 2.42 bits per heavy atom. The van der Waals surface area contributed by atoms with Crippen molar-refractivity contribution in [1.29, 1.82) is 0 Å². The van der Waals surface area contributed by atoms with E-state index in [0.717, 1.165) is 22.9 Å². The number of hydrogen-bond acceptors (Lipinski definition) is 3. The minimum Gasteiger partial charge on any atom is -0.493 e. The molecule has 19 heavy (non-hydrogen) atoms. The molecule has 1 heterocycles. The molecule has 0 saturated carbocycles. The third-order valence-electron chi connectivity index (χ3n) is 3.32. The molecule has 0 aliphatic heterocycles. The van der Waals surface area contributed by atoms with Crippen molar-refractivity contribution in [2.24, 2.45) is 7.05 Å². The highest BCUT2D eigenvalue weighted by atomic mass is 16.5. The highest BCUT2D eigenvalue weighted by Gasteiger charge is 2.12. The standard InChI is InChI=1S/C15H19NO3/c1-10(17)5-6-11-9-16(2)13-8-15(19-4)14(18-3)7-12(11)13/h7-9H,5-6H2,1-4H3. The lowest BCUT2D eigenvalue weighted by molar-refractivity contribution is -0.116. The molecule has 0 fully saturated rings. The van der Waals surface area contributed by atoms with Gasteiger partial charge in [0.05, 0.1) is 19.7 Å². The molecule has 1 aromatic heterocycles. The van der Waals surface area contributed by atoms with Crippen LogP contribution in [0, 0.1) is 0 Å². The van der Waals surface area contributed by atoms with Gasteiger partial charge >= 0.3 is 0 Å². The molecule has 102 valence electrons. The number of ketones is 1. The first-order chi connectivity index (χ1) is 9.06. The number of fused-ring (bicyclic) bond motifs is 1. The largest absolute Gasteiger partial charge is 0.493 e. The van der Waals surface area contributed by atoms with Crippen molar-refractivity contribution in [2.45, 2.75) is 19.8 Å². The summed E-state index contributed by atoms with van der Waals surface area (Å²) in [6, 6.07) is 3.94. The van der Waals surface area contributed by atoms with Crippen LogP contribution in [0.5, 0.6) is 11.5 Å². The van der Waals surface area contributed by atoms with E-state index in [0.29, 0.717) is 17.9 Å². The highest BCUT2D eigenvalue weighted by molar-refractivity contribution is 5.88. The van der Waals surface area contributed by atoms with Crippen molar-refractivity contribution >= 4 is 16.7 Å². The van der Waals surface area contributed by atoms with Gasteiger partial charge in [-0.3, -0.25) is 0 Å². The van der Waals surface area contributed by atoms with E-state index in [1.54, 1.807) is 21.1 Å². The molecule has 0 amide bonds. The van der Waals surface area contributed by atoms with Crippen molar-refractivity contribution in [3.05, 3.63) is 23.9 Å². The minimum absolute atomic E-state index is 0.206. The lowest BCUT2D eigenvalue weighted by Gasteiger charge is -2.08. The van der Waals surface area contributed by atoms with Gasteiger partial charge in [0, 0.05) is 31.1 Å². The Hall–Kier alpha value is -1.97. The zero-order valence-electron chi connectivity index (χ0n) is 11.8. The quantitative estimate of drug-likeness (QED) is 0.831. The van der Waals surface area contributed by atoms with E-state index in [1.807, 2.05) is 23.7 Å². The van der Waals surface area contributed by atoms with Crippen molar-refractivity contribution < 1.29 is 14.3 Å². The van der Waals surface area contributed by atoms with Gasteiger partial charge in [0.1, 0.15) is 5.78 Å². The molecular formula is C15H19NO3. The molecule has 2 aromatic rings. The summed E-state index contributed by atoms with van der Waals surface area (Å²) in [7, 11) is 5.25. The molecule has 0 aliphatic carbocycles. The molecule has 4 nitrogen and oxygen atoms in total. The van der Waals surface area contributed by atoms with Crippen LogP contribution in [0.4, 0.5) is 0 Å². The number of aryl methyl sites for hydroxylation is 2. The molecule has 0 saturated heterocycles. The number of carbonyl (C=O) groups excluding carboxylic acids is 1. The van der Waals surface area contributed by atoms with E-state index in [9.17, 15) is 4.79 Å². The van der Waals surface area contributed by atoms with E-state index in [-0.39, 0.29) is 5.78 Å². The van der Waals surface area contributed by atoms with Gasteiger partial charge in [-0.05, 0) is 25.0 Å². The van der Waals surface area contributed by atoms with E-state index < -0.39 is 0 Å². The Bertz CT molecular complexity index is 613. The Labute approximate surface area is 112 Å². The summed E-state index contributed by atoms with van der Waals surface area (Å²) in [5.74, 6) is 1.64. The summed E-state index contributed by atoms with van der Waals surface area (Å²) in [5, 5.41) is 1.11. The van der Waals surface area contributed by atoms with Crippen molar-refractivity contribution in [3.63, 3.8) is 0 Å². The maximum Gasteiger partial charge on any atom is 0.162 e. The van der Waals surface area contributed by atoms with Gasteiger partial charge in [-0.15, -0.1) is 0 Å². The van der Waals surface area contributed by atoms with Crippen molar-refractivity contribution in [2.75, 3.05) is 14.2 Å². The number of rotatable bonds is 5. The second kappa shape index (κ2) is 5.34. The molecular weight excluding hydrogens is 242 g/mol. The second-order valence-electron chi connectivity index (χ2n) is 4.69. The molecule has 0 atom stereocenters. The van der Waals surface area contributed by atoms with E-state index in [1.165, 1.54) is 0 Å². The van der Waals surface area contributed by atoms with Crippen molar-refractivity contribution in [1.82, 2.24) is 4.57 Å². The topological polar surface area (TPSA) is 40.5 Å². The molecule has 0 unspecified atom stereocenters. The first-order valence-corrected chi connectivity index (χ1v) is 6.26. The smallest absolute Gasteiger partial charge is 0.162 e. The molecule has 0 radical (unpaired) electrons. The van der Waals surface area contributed by atoms with Gasteiger partial charge in [-0.2, -0.15) is 0 Å². The number of aromatic nitrogens is 1. The predicted octanol–water partition coefficient (Wildman–Crippen LogP) is 2.72. The fourth-order valence-corrected chi connectivity index (χ4v) is 2.30. The second-order valence-corrected chi connectivity index (χ2v) is 4.69. The Morgan fingerprint density at radius 2 is 1.84 bits per heavy atom. The molecule has 1 aromatic carbocycles. The van der Waals surface area contributed by atoms with Crippen LogP contribution in [0.3, 0.4) is 0 Å². The van der Waals surface area contributed by atoms with Crippen LogP contribution in [0.25, 0.3) is 10.9 Å². The van der Waals surface area contributed by atoms with Gasteiger partial charge in [0.25, 0.3) is 0 Å². The molecule has 0 aliphatic rings. The third kappa shape index (κ3) is 2.57. The van der Waals surface area contributed by atoms with E-state index in [4.69, 9.17) is 9.47 Å². The Morgan fingerprint density at radius 1 is 1.21 bits per heavy atom. The number of hydrogen-bond donors (Lipinski definition) is 0. The van der Waals surface area contributed by atoms with Crippen LogP contribution in [-0.2, 0) is 18.3 Å². The molecule has 4 heteroatoms. The first kappa shape index (κ1) is 13.5. The van der Waals surface area contributed by atoms with Crippen LogP contribution in [0.15, 0.2) is 18.3 Å². The summed E-state index contributed by atoms with van der Waals surface area (Å²) in [6.45, 7) is 1.62. The van der Waals surface area contributed by atoms with Gasteiger partial charge in [0.15, 0.2) is 11.5 Å². The third-order valence-corrected chi connectivity index (χ3v) is 3.32. The average molecular weight is 261 g/mol. The SMILES string of the molecule is COc1cc2c(CCC(C)=O)cn(C)c2cc1OC. The summed E-state index contributed by atoms with van der Waals surface area (Å²) < 4.78 is 12.7.